The van der Waals surface area contributed by atoms with Gasteiger partial charge in [0.25, 0.3) is 0 Å². The van der Waals surface area contributed by atoms with Crippen LogP contribution >= 0.6 is 34.9 Å². The van der Waals surface area contributed by atoms with E-state index in [2.05, 4.69) is 51.5 Å². The lowest BCUT2D eigenvalue weighted by atomic mass is 10.0. The zero-order valence-corrected chi connectivity index (χ0v) is 15.7. The summed E-state index contributed by atoms with van der Waals surface area (Å²) in [6.07, 6.45) is 1.61. The average molecular weight is 381 g/mol. The van der Waals surface area contributed by atoms with Crippen molar-refractivity contribution in [3.63, 3.8) is 0 Å². The molecular weight excluding hydrogens is 360 g/mol. The fourth-order valence-corrected chi connectivity index (χ4v) is 5.46. The van der Waals surface area contributed by atoms with Crippen LogP contribution in [0.1, 0.15) is 12.0 Å². The summed E-state index contributed by atoms with van der Waals surface area (Å²) in [5.74, 6) is 0.632. The molecule has 4 rings (SSSR count). The molecule has 2 saturated heterocycles. The lowest BCUT2D eigenvalue weighted by Crippen LogP contribution is -2.52. The van der Waals surface area contributed by atoms with Crippen molar-refractivity contribution in [3.8, 4) is 0 Å². The minimum atomic E-state index is 0.375. The molecule has 2 aromatic rings. The lowest BCUT2D eigenvalue weighted by molar-refractivity contribution is 0.0578. The van der Waals surface area contributed by atoms with Crippen LogP contribution < -0.4 is 10.5 Å². The summed E-state index contributed by atoms with van der Waals surface area (Å²) in [5, 5.41) is 9.31. The Labute approximate surface area is 156 Å². The van der Waals surface area contributed by atoms with Gasteiger partial charge in [0.1, 0.15) is 4.34 Å². The first-order chi connectivity index (χ1) is 11.7. The van der Waals surface area contributed by atoms with E-state index in [1.165, 1.54) is 23.9 Å². The number of fused-ring (bicyclic) bond motifs is 2. The highest BCUT2D eigenvalue weighted by Gasteiger charge is 2.40. The minimum Gasteiger partial charge on any atom is -0.367 e. The second-order valence-electron chi connectivity index (χ2n) is 6.46. The maximum Gasteiger partial charge on any atom is 0.117 e. The Bertz CT molecular complexity index is 679. The summed E-state index contributed by atoms with van der Waals surface area (Å²) in [6, 6.07) is 12.8. The Morgan fingerprint density at radius 1 is 1.33 bits per heavy atom. The highest BCUT2D eigenvalue weighted by atomic mass is 35.5. The van der Waals surface area contributed by atoms with Gasteiger partial charge in [0.05, 0.1) is 22.7 Å². The van der Waals surface area contributed by atoms with Crippen molar-refractivity contribution in [1.82, 2.24) is 9.80 Å². The number of halogens is 1. The van der Waals surface area contributed by atoms with E-state index >= 15 is 0 Å². The van der Waals surface area contributed by atoms with Crippen molar-refractivity contribution in [2.45, 2.75) is 23.3 Å². The number of hydrogen-bond acceptors (Lipinski definition) is 6. The zero-order chi connectivity index (χ0) is 16.5. The molecular formula is C17H21ClN4S2. The molecule has 0 spiro atoms. The lowest BCUT2D eigenvalue weighted by Gasteiger charge is -2.40. The van der Waals surface area contributed by atoms with Gasteiger partial charge in [0.15, 0.2) is 0 Å². The smallest absolute Gasteiger partial charge is 0.117 e. The molecule has 1 aromatic carbocycles. The summed E-state index contributed by atoms with van der Waals surface area (Å²) < 4.78 is 1.85. The first-order valence-electron chi connectivity index (χ1n) is 8.16. The molecule has 0 amide bonds. The Kier molecular flexibility index (Phi) is 5.03. The molecule has 2 fully saturated rings. The van der Waals surface area contributed by atoms with Crippen molar-refractivity contribution >= 4 is 40.6 Å². The molecule has 3 N–H and O–H groups in total. The van der Waals surface area contributed by atoms with Gasteiger partial charge in [0, 0.05) is 25.6 Å². The number of nitrogens with one attached hydrogen (secondary N) is 1. The van der Waals surface area contributed by atoms with Crippen LogP contribution in [0.4, 0.5) is 5.69 Å². The standard InChI is InChI=1S/C17H21ClN4S2/c18-16-14(8-15(23-16)24-19)20-17-13-6-7-22(17)11-21(10-13)9-12-4-2-1-3-5-12/h1-5,8,13,17,20H,6-7,9-11,19H2/t13-,17?/m0/s1. The van der Waals surface area contributed by atoms with Gasteiger partial charge in [-0.05, 0) is 30.0 Å². The molecule has 2 aliphatic heterocycles. The molecule has 2 aliphatic rings. The first kappa shape index (κ1) is 16.7. The average Bonchev–Trinajstić information content (AvgIpc) is 3.05. The van der Waals surface area contributed by atoms with Gasteiger partial charge in [-0.2, -0.15) is 0 Å². The van der Waals surface area contributed by atoms with Crippen LogP contribution in [0.5, 0.6) is 0 Å². The van der Waals surface area contributed by atoms with E-state index in [4.69, 9.17) is 16.7 Å². The largest absolute Gasteiger partial charge is 0.367 e. The van der Waals surface area contributed by atoms with Crippen molar-refractivity contribution in [2.75, 3.05) is 25.1 Å². The number of nitrogens with zero attached hydrogens (tertiary/aromatic N) is 2. The third-order valence-electron chi connectivity index (χ3n) is 4.83. The molecule has 7 heteroatoms. The predicted octanol–water partition coefficient (Wildman–Crippen LogP) is 3.90. The van der Waals surface area contributed by atoms with E-state index < -0.39 is 0 Å². The van der Waals surface area contributed by atoms with Crippen LogP contribution in [0.15, 0.2) is 40.6 Å². The van der Waals surface area contributed by atoms with Crippen LogP contribution in [0.25, 0.3) is 0 Å². The summed E-state index contributed by atoms with van der Waals surface area (Å²) in [5.41, 5.74) is 2.41. The summed E-state index contributed by atoms with van der Waals surface area (Å²) in [7, 11) is 0. The normalized spacial score (nSPS) is 26.7. The number of hydrogen-bond donors (Lipinski definition) is 2. The van der Waals surface area contributed by atoms with Crippen molar-refractivity contribution < 1.29 is 0 Å². The molecule has 0 saturated carbocycles. The van der Waals surface area contributed by atoms with Crippen LogP contribution in [0, 0.1) is 5.92 Å². The molecule has 3 heterocycles. The summed E-state index contributed by atoms with van der Waals surface area (Å²) in [4.78, 5) is 5.07. The minimum absolute atomic E-state index is 0.375. The third kappa shape index (κ3) is 3.45. The highest BCUT2D eigenvalue weighted by Crippen LogP contribution is 2.39. The molecule has 128 valence electrons. The van der Waals surface area contributed by atoms with E-state index in [-0.39, 0.29) is 0 Å². The Balaban J connectivity index is 1.42. The van der Waals surface area contributed by atoms with Gasteiger partial charge in [-0.1, -0.05) is 41.9 Å². The fraction of sp³-hybridized carbons (Fsp3) is 0.412. The van der Waals surface area contributed by atoms with E-state index in [9.17, 15) is 0 Å². The predicted molar refractivity (Wildman–Crippen MR) is 103 cm³/mol. The van der Waals surface area contributed by atoms with Crippen LogP contribution in [-0.4, -0.2) is 35.7 Å². The molecule has 2 bridgehead atoms. The Morgan fingerprint density at radius 2 is 2.17 bits per heavy atom. The SMILES string of the molecule is NSc1cc(NC2[C@H]3CCN2CN(Cc2ccccc2)C3)c(Cl)s1. The van der Waals surface area contributed by atoms with E-state index in [1.54, 1.807) is 11.3 Å². The topological polar surface area (TPSA) is 44.5 Å². The molecule has 1 aromatic heterocycles. The highest BCUT2D eigenvalue weighted by molar-refractivity contribution is 7.99. The molecule has 3 atom stereocenters. The third-order valence-corrected chi connectivity index (χ3v) is 6.88. The second kappa shape index (κ2) is 7.23. The van der Waals surface area contributed by atoms with Crippen LogP contribution in [0.2, 0.25) is 4.34 Å². The van der Waals surface area contributed by atoms with Crippen LogP contribution in [0.3, 0.4) is 0 Å². The monoisotopic (exact) mass is 380 g/mol. The molecule has 24 heavy (non-hydrogen) atoms. The van der Waals surface area contributed by atoms with Gasteiger partial charge >= 0.3 is 0 Å². The van der Waals surface area contributed by atoms with Gasteiger partial charge in [0.2, 0.25) is 0 Å². The van der Waals surface area contributed by atoms with Gasteiger partial charge in [-0.15, -0.1) is 11.3 Å². The maximum absolute atomic E-state index is 6.35. The van der Waals surface area contributed by atoms with Crippen LogP contribution in [-0.2, 0) is 6.54 Å². The van der Waals surface area contributed by atoms with E-state index in [1.807, 2.05) is 0 Å². The van der Waals surface area contributed by atoms with Crippen molar-refractivity contribution in [1.29, 1.82) is 0 Å². The summed E-state index contributed by atoms with van der Waals surface area (Å²) in [6.45, 7) is 4.30. The van der Waals surface area contributed by atoms with Crippen molar-refractivity contribution in [3.05, 3.63) is 46.3 Å². The second-order valence-corrected chi connectivity index (χ2v) is 9.05. The Hall–Kier alpha value is -0.760. The first-order valence-corrected chi connectivity index (χ1v) is 10.2. The molecule has 0 aliphatic carbocycles. The maximum atomic E-state index is 6.35. The van der Waals surface area contributed by atoms with Gasteiger partial charge in [-0.25, -0.2) is 0 Å². The summed E-state index contributed by atoms with van der Waals surface area (Å²) >= 11 is 9.15. The number of thiophene rings is 1. The number of benzene rings is 1. The fourth-order valence-electron chi connectivity index (χ4n) is 3.75. The number of nitrogens with two attached hydrogens (primary N) is 1. The number of anilines is 1. The van der Waals surface area contributed by atoms with Gasteiger partial charge in [-0.3, -0.25) is 14.9 Å². The molecule has 2 unspecified atom stereocenters. The quantitative estimate of drug-likeness (QED) is 0.770. The van der Waals surface area contributed by atoms with Crippen molar-refractivity contribution in [2.24, 2.45) is 11.1 Å². The van der Waals surface area contributed by atoms with E-state index in [0.29, 0.717) is 12.1 Å². The Morgan fingerprint density at radius 3 is 2.88 bits per heavy atom. The molecule has 4 nitrogen and oxygen atoms in total. The molecule has 0 radical (unpaired) electrons. The van der Waals surface area contributed by atoms with E-state index in [0.717, 1.165) is 40.5 Å². The number of rotatable bonds is 5. The van der Waals surface area contributed by atoms with Gasteiger partial charge < -0.3 is 5.32 Å². The zero-order valence-electron chi connectivity index (χ0n) is 13.3.